The first kappa shape index (κ1) is 39.2. The van der Waals surface area contributed by atoms with Gasteiger partial charge in [0.2, 0.25) is 23.5 Å². The van der Waals surface area contributed by atoms with Crippen LogP contribution in [0.25, 0.3) is 0 Å². The van der Waals surface area contributed by atoms with E-state index in [1.165, 1.54) is 11.3 Å². The zero-order chi connectivity index (χ0) is 37.7. The first-order chi connectivity index (χ1) is 25.4. The van der Waals surface area contributed by atoms with Crippen LogP contribution in [-0.4, -0.2) is 77.0 Å². The van der Waals surface area contributed by atoms with Crippen LogP contribution < -0.4 is 21.3 Å². The molecule has 1 aliphatic heterocycles. The number of carbonyl (C=O) groups is 6. The number of ketones is 1. The van der Waals surface area contributed by atoms with Crippen molar-refractivity contribution in [2.24, 2.45) is 23.2 Å². The summed E-state index contributed by atoms with van der Waals surface area (Å²) in [7, 11) is 0. The molecule has 6 rings (SSSR count). The molecular formula is C41H59N5O6S. The molecule has 2 heterocycles. The molecule has 1 saturated heterocycles. The quantitative estimate of drug-likeness (QED) is 0.143. The second-order valence-electron chi connectivity index (χ2n) is 17.0. The number of nitrogens with one attached hydrogen (secondary N) is 4. The molecule has 53 heavy (non-hydrogen) atoms. The number of allylic oxidation sites excluding steroid dienone is 1. The molecule has 11 nitrogen and oxygen atoms in total. The Balaban J connectivity index is 1.27. The summed E-state index contributed by atoms with van der Waals surface area (Å²) in [6.07, 6.45) is 15.6. The average molecular weight is 750 g/mol. The van der Waals surface area contributed by atoms with Gasteiger partial charge in [-0.3, -0.25) is 28.8 Å². The van der Waals surface area contributed by atoms with Gasteiger partial charge in [-0.05, 0) is 93.9 Å². The van der Waals surface area contributed by atoms with Crippen LogP contribution in [-0.2, 0) is 24.0 Å². The van der Waals surface area contributed by atoms with Crippen LogP contribution in [0.4, 0.5) is 0 Å². The standard InChI is InChI=1S/C41H59N5O6S/c1-25(2)23-28-18-21-46(33(28)38(50)43-30(24-26-14-15-26)34(47)39(51)42-29-16-17-29)40(52)35(41(3)19-8-5-9-20-41)45-37(49)32(27-11-6-4-7-12-27)44-36(48)31-13-10-22-53-31/h10,13,22-23,26-30,32-33,35H,4-9,11-12,14-21,24H2,1-3H3,(H,42,51)(H,43,50)(H,44,48)(H,45,49)/t28-,30?,32+,33+,35-/m1/s1. The molecule has 4 saturated carbocycles. The van der Waals surface area contributed by atoms with E-state index in [-0.39, 0.29) is 41.5 Å². The predicted molar refractivity (Wildman–Crippen MR) is 204 cm³/mol. The molecule has 0 bridgehead atoms. The lowest BCUT2D eigenvalue weighted by Crippen LogP contribution is -2.63. The third-order valence-electron chi connectivity index (χ3n) is 12.2. The highest BCUT2D eigenvalue weighted by Gasteiger charge is 2.50. The Morgan fingerprint density at radius 3 is 2.21 bits per heavy atom. The molecule has 5 fully saturated rings. The number of thiophene rings is 1. The third kappa shape index (κ3) is 9.96. The van der Waals surface area contributed by atoms with Gasteiger partial charge in [-0.15, -0.1) is 11.3 Å². The molecule has 0 spiro atoms. The minimum atomic E-state index is -0.965. The van der Waals surface area contributed by atoms with Gasteiger partial charge in [-0.1, -0.05) is 76.0 Å². The molecular weight excluding hydrogens is 691 g/mol. The van der Waals surface area contributed by atoms with Gasteiger partial charge >= 0.3 is 0 Å². The highest BCUT2D eigenvalue weighted by atomic mass is 32.1. The highest BCUT2D eigenvalue weighted by Crippen LogP contribution is 2.41. The van der Waals surface area contributed by atoms with Crippen LogP contribution in [0, 0.1) is 23.2 Å². The molecule has 12 heteroatoms. The van der Waals surface area contributed by atoms with Crippen molar-refractivity contribution in [3.8, 4) is 0 Å². The Labute approximate surface area is 318 Å². The molecule has 5 aliphatic rings. The number of nitrogens with zero attached hydrogens (tertiary/aromatic N) is 1. The molecule has 5 amide bonds. The van der Waals surface area contributed by atoms with Gasteiger partial charge in [0, 0.05) is 18.5 Å². The minimum absolute atomic E-state index is 0.0174. The van der Waals surface area contributed by atoms with Crippen molar-refractivity contribution in [3.05, 3.63) is 34.0 Å². The maximum absolute atomic E-state index is 15.1. The zero-order valence-corrected chi connectivity index (χ0v) is 32.6. The number of carbonyl (C=O) groups excluding carboxylic acids is 6. The van der Waals surface area contributed by atoms with Gasteiger partial charge in [0.05, 0.1) is 10.9 Å². The predicted octanol–water partition coefficient (Wildman–Crippen LogP) is 5.20. The number of likely N-dealkylation sites (tertiary alicyclic amines) is 1. The summed E-state index contributed by atoms with van der Waals surface area (Å²) in [4.78, 5) is 85.8. The van der Waals surface area contributed by atoms with Crippen LogP contribution in [0.15, 0.2) is 29.2 Å². The number of amides is 5. The first-order valence-electron chi connectivity index (χ1n) is 20.2. The lowest BCUT2D eigenvalue weighted by atomic mass is 9.69. The van der Waals surface area contributed by atoms with Crippen molar-refractivity contribution in [2.45, 2.75) is 154 Å². The van der Waals surface area contributed by atoms with Crippen LogP contribution in [0.1, 0.15) is 133 Å². The molecule has 1 aromatic heterocycles. The molecule has 5 atom stereocenters. The van der Waals surface area contributed by atoms with Crippen LogP contribution in [0.3, 0.4) is 0 Å². The first-order valence-corrected chi connectivity index (χ1v) is 21.1. The largest absolute Gasteiger partial charge is 0.347 e. The molecule has 4 N–H and O–H groups in total. The van der Waals surface area contributed by atoms with E-state index in [4.69, 9.17) is 0 Å². The average Bonchev–Trinajstić information content (AvgIpc) is 4.04. The SMILES string of the molecule is CC(C)=C[C@H]1CCN(C(=O)[C@@H](NC(=O)[C@@H](NC(=O)c2cccs2)C2CCCCC2)C2(C)CCCCC2)[C@@H]1C(=O)NC(CC1CC1)C(=O)C(=O)NC1CC1. The second-order valence-corrected chi connectivity index (χ2v) is 18.0. The lowest BCUT2D eigenvalue weighted by molar-refractivity contribution is -0.147. The molecule has 1 aromatic rings. The fourth-order valence-electron chi connectivity index (χ4n) is 8.89. The van der Waals surface area contributed by atoms with Crippen molar-refractivity contribution in [2.75, 3.05) is 6.54 Å². The van der Waals surface area contributed by atoms with Crippen molar-refractivity contribution < 1.29 is 28.8 Å². The molecule has 0 radical (unpaired) electrons. The van der Waals surface area contributed by atoms with E-state index in [0.717, 1.165) is 95.5 Å². The van der Waals surface area contributed by atoms with Crippen LogP contribution in [0.2, 0.25) is 0 Å². The third-order valence-corrected chi connectivity index (χ3v) is 13.1. The van der Waals surface area contributed by atoms with Gasteiger partial charge in [-0.25, -0.2) is 0 Å². The summed E-state index contributed by atoms with van der Waals surface area (Å²) in [5, 5.41) is 13.8. The van der Waals surface area contributed by atoms with Crippen LogP contribution >= 0.6 is 11.3 Å². The number of hydrogen-bond acceptors (Lipinski definition) is 7. The maximum atomic E-state index is 15.1. The number of rotatable bonds is 15. The van der Waals surface area contributed by atoms with Gasteiger partial charge in [0.25, 0.3) is 11.8 Å². The Bertz CT molecular complexity index is 1540. The summed E-state index contributed by atoms with van der Waals surface area (Å²) in [6, 6.07) is 0.00382. The van der Waals surface area contributed by atoms with Crippen molar-refractivity contribution in [1.82, 2.24) is 26.2 Å². The van der Waals surface area contributed by atoms with Gasteiger partial charge in [-0.2, -0.15) is 0 Å². The van der Waals surface area contributed by atoms with Gasteiger partial charge in [0.1, 0.15) is 18.1 Å². The van der Waals surface area contributed by atoms with Crippen molar-refractivity contribution in [1.29, 1.82) is 0 Å². The van der Waals surface area contributed by atoms with Crippen molar-refractivity contribution >= 4 is 46.7 Å². The fourth-order valence-corrected chi connectivity index (χ4v) is 9.51. The second kappa shape index (κ2) is 17.3. The van der Waals surface area contributed by atoms with E-state index < -0.39 is 47.2 Å². The van der Waals surface area contributed by atoms with Crippen LogP contribution in [0.5, 0.6) is 0 Å². The van der Waals surface area contributed by atoms with Gasteiger partial charge in [0.15, 0.2) is 0 Å². The summed E-state index contributed by atoms with van der Waals surface area (Å²) in [5.41, 5.74) is 0.457. The maximum Gasteiger partial charge on any atom is 0.289 e. The number of hydrogen-bond donors (Lipinski definition) is 4. The summed E-state index contributed by atoms with van der Waals surface area (Å²) in [5.74, 6) is -2.77. The smallest absolute Gasteiger partial charge is 0.289 e. The van der Waals surface area contributed by atoms with Crippen molar-refractivity contribution in [3.63, 3.8) is 0 Å². The molecule has 0 aromatic carbocycles. The Morgan fingerprint density at radius 2 is 1.58 bits per heavy atom. The molecule has 1 unspecified atom stereocenters. The summed E-state index contributed by atoms with van der Waals surface area (Å²) < 4.78 is 0. The van der Waals surface area contributed by atoms with E-state index in [9.17, 15) is 24.0 Å². The van der Waals surface area contributed by atoms with Gasteiger partial charge < -0.3 is 26.2 Å². The summed E-state index contributed by atoms with van der Waals surface area (Å²) in [6.45, 7) is 6.31. The number of Topliss-reactive ketones (excluding diaryl/α,β-unsaturated/α-hetero) is 1. The van der Waals surface area contributed by atoms with E-state index >= 15 is 4.79 Å². The van der Waals surface area contributed by atoms with E-state index in [2.05, 4.69) is 28.2 Å². The fraction of sp³-hybridized carbons (Fsp3) is 0.707. The Morgan fingerprint density at radius 1 is 0.887 bits per heavy atom. The molecule has 4 aliphatic carbocycles. The normalized spacial score (nSPS) is 24.6. The molecule has 290 valence electrons. The highest BCUT2D eigenvalue weighted by molar-refractivity contribution is 7.12. The zero-order valence-electron chi connectivity index (χ0n) is 31.8. The van der Waals surface area contributed by atoms with E-state index in [1.54, 1.807) is 11.0 Å². The van der Waals surface area contributed by atoms with E-state index in [0.29, 0.717) is 24.3 Å². The monoisotopic (exact) mass is 749 g/mol. The van der Waals surface area contributed by atoms with E-state index in [1.807, 2.05) is 31.4 Å². The minimum Gasteiger partial charge on any atom is -0.347 e. The summed E-state index contributed by atoms with van der Waals surface area (Å²) >= 11 is 1.32. The lowest BCUT2D eigenvalue weighted by Gasteiger charge is -2.43. The Kier molecular flexibility index (Phi) is 12.8. The topological polar surface area (TPSA) is 154 Å². The Hall–Kier alpha value is -3.54.